The maximum atomic E-state index is 10.4. The third-order valence-electron chi connectivity index (χ3n) is 4.48. The monoisotopic (exact) mass is 225 g/mol. The van der Waals surface area contributed by atoms with Crippen molar-refractivity contribution in [1.82, 2.24) is 5.32 Å². The minimum atomic E-state index is -0.397. The quantitative estimate of drug-likeness (QED) is 0.754. The molecule has 94 valence electrons. The van der Waals surface area contributed by atoms with Crippen LogP contribution in [-0.2, 0) is 0 Å². The van der Waals surface area contributed by atoms with Gasteiger partial charge >= 0.3 is 0 Å². The summed E-state index contributed by atoms with van der Waals surface area (Å²) in [5.74, 6) is 0.962. The standard InChI is InChI=1S/C14H27NO/c1-12(10-13-6-5-7-13)15-11-14(16)8-3-2-4-9-14/h12-13,15-16H,2-11H2,1H3. The van der Waals surface area contributed by atoms with E-state index in [0.29, 0.717) is 6.04 Å². The molecular formula is C14H27NO. The molecular weight excluding hydrogens is 198 g/mol. The zero-order valence-corrected chi connectivity index (χ0v) is 10.7. The van der Waals surface area contributed by atoms with Crippen LogP contribution in [0.4, 0.5) is 0 Å². The lowest BCUT2D eigenvalue weighted by atomic mass is 9.80. The van der Waals surface area contributed by atoms with E-state index in [-0.39, 0.29) is 0 Å². The van der Waals surface area contributed by atoms with Gasteiger partial charge in [0.25, 0.3) is 0 Å². The summed E-state index contributed by atoms with van der Waals surface area (Å²) in [7, 11) is 0. The van der Waals surface area contributed by atoms with E-state index in [1.807, 2.05) is 0 Å². The minimum absolute atomic E-state index is 0.397. The fourth-order valence-electron chi connectivity index (χ4n) is 3.06. The summed E-state index contributed by atoms with van der Waals surface area (Å²) in [4.78, 5) is 0. The molecule has 1 atom stereocenters. The summed E-state index contributed by atoms with van der Waals surface area (Å²) in [6, 6.07) is 0.580. The van der Waals surface area contributed by atoms with Gasteiger partial charge in [0, 0.05) is 12.6 Å². The van der Waals surface area contributed by atoms with Crippen LogP contribution in [0.15, 0.2) is 0 Å². The third-order valence-corrected chi connectivity index (χ3v) is 4.48. The predicted molar refractivity (Wildman–Crippen MR) is 67.5 cm³/mol. The summed E-state index contributed by atoms with van der Waals surface area (Å²) >= 11 is 0. The molecule has 0 aromatic rings. The molecule has 2 aliphatic rings. The topological polar surface area (TPSA) is 32.3 Å². The van der Waals surface area contributed by atoms with Crippen molar-refractivity contribution < 1.29 is 5.11 Å². The van der Waals surface area contributed by atoms with Crippen molar-refractivity contribution >= 4 is 0 Å². The molecule has 0 bridgehead atoms. The van der Waals surface area contributed by atoms with Crippen LogP contribution >= 0.6 is 0 Å². The first-order valence-corrected chi connectivity index (χ1v) is 7.14. The van der Waals surface area contributed by atoms with Crippen molar-refractivity contribution in [2.24, 2.45) is 5.92 Å². The highest BCUT2D eigenvalue weighted by Crippen LogP contribution is 2.31. The molecule has 2 nitrogen and oxygen atoms in total. The Morgan fingerprint density at radius 3 is 2.44 bits per heavy atom. The molecule has 0 aromatic carbocycles. The fraction of sp³-hybridized carbons (Fsp3) is 1.00. The fourth-order valence-corrected chi connectivity index (χ4v) is 3.06. The van der Waals surface area contributed by atoms with E-state index < -0.39 is 5.60 Å². The van der Waals surface area contributed by atoms with Crippen molar-refractivity contribution in [2.45, 2.75) is 76.4 Å². The highest BCUT2D eigenvalue weighted by atomic mass is 16.3. The maximum Gasteiger partial charge on any atom is 0.0771 e. The van der Waals surface area contributed by atoms with Crippen LogP contribution in [0.1, 0.15) is 64.7 Å². The van der Waals surface area contributed by atoms with Gasteiger partial charge in [0.1, 0.15) is 0 Å². The Morgan fingerprint density at radius 2 is 1.88 bits per heavy atom. The van der Waals surface area contributed by atoms with Crippen molar-refractivity contribution in [2.75, 3.05) is 6.54 Å². The van der Waals surface area contributed by atoms with Gasteiger partial charge in [-0.3, -0.25) is 0 Å². The summed E-state index contributed by atoms with van der Waals surface area (Å²) in [6.45, 7) is 3.07. The summed E-state index contributed by atoms with van der Waals surface area (Å²) in [5.41, 5.74) is -0.397. The average molecular weight is 225 g/mol. The lowest BCUT2D eigenvalue weighted by molar-refractivity contribution is 0.00217. The second-order valence-corrected chi connectivity index (χ2v) is 6.10. The maximum absolute atomic E-state index is 10.4. The number of nitrogens with one attached hydrogen (secondary N) is 1. The Morgan fingerprint density at radius 1 is 1.19 bits per heavy atom. The average Bonchev–Trinajstić information content (AvgIpc) is 2.22. The van der Waals surface area contributed by atoms with E-state index in [9.17, 15) is 5.11 Å². The molecule has 0 aliphatic heterocycles. The Hall–Kier alpha value is -0.0800. The van der Waals surface area contributed by atoms with Gasteiger partial charge in [-0.15, -0.1) is 0 Å². The van der Waals surface area contributed by atoms with Crippen LogP contribution < -0.4 is 5.32 Å². The van der Waals surface area contributed by atoms with Crippen molar-refractivity contribution in [3.8, 4) is 0 Å². The van der Waals surface area contributed by atoms with E-state index in [2.05, 4.69) is 12.2 Å². The molecule has 0 radical (unpaired) electrons. The van der Waals surface area contributed by atoms with Gasteiger partial charge in [0.2, 0.25) is 0 Å². The van der Waals surface area contributed by atoms with Crippen molar-refractivity contribution in [1.29, 1.82) is 0 Å². The smallest absolute Gasteiger partial charge is 0.0771 e. The minimum Gasteiger partial charge on any atom is -0.389 e. The van der Waals surface area contributed by atoms with Crippen LogP contribution in [0, 0.1) is 5.92 Å². The van der Waals surface area contributed by atoms with Gasteiger partial charge in [0.15, 0.2) is 0 Å². The van der Waals surface area contributed by atoms with Gasteiger partial charge in [-0.1, -0.05) is 38.5 Å². The molecule has 2 rings (SSSR count). The molecule has 1 unspecified atom stereocenters. The highest BCUT2D eigenvalue weighted by molar-refractivity contribution is 4.86. The molecule has 0 spiro atoms. The van der Waals surface area contributed by atoms with Crippen LogP contribution in [0.5, 0.6) is 0 Å². The molecule has 2 fully saturated rings. The number of rotatable bonds is 5. The Labute approximate surface area is 99.8 Å². The first-order valence-electron chi connectivity index (χ1n) is 7.14. The van der Waals surface area contributed by atoms with Crippen molar-refractivity contribution in [3.05, 3.63) is 0 Å². The molecule has 0 amide bonds. The van der Waals surface area contributed by atoms with E-state index in [0.717, 1.165) is 25.3 Å². The Balaban J connectivity index is 1.64. The molecule has 2 heteroatoms. The molecule has 16 heavy (non-hydrogen) atoms. The van der Waals surface area contributed by atoms with Gasteiger partial charge in [0.05, 0.1) is 5.60 Å². The zero-order chi connectivity index (χ0) is 11.4. The van der Waals surface area contributed by atoms with Gasteiger partial charge in [-0.2, -0.15) is 0 Å². The van der Waals surface area contributed by atoms with Crippen molar-refractivity contribution in [3.63, 3.8) is 0 Å². The first-order chi connectivity index (χ1) is 7.68. The van der Waals surface area contributed by atoms with E-state index in [4.69, 9.17) is 0 Å². The van der Waals surface area contributed by atoms with Crippen LogP contribution in [-0.4, -0.2) is 23.3 Å². The molecule has 0 heterocycles. The predicted octanol–water partition coefficient (Wildman–Crippen LogP) is 2.85. The second kappa shape index (κ2) is 5.50. The van der Waals surface area contributed by atoms with E-state index in [1.54, 1.807) is 0 Å². The molecule has 2 aliphatic carbocycles. The van der Waals surface area contributed by atoms with E-state index >= 15 is 0 Å². The van der Waals surface area contributed by atoms with Crippen LogP contribution in [0.3, 0.4) is 0 Å². The van der Waals surface area contributed by atoms with Crippen LogP contribution in [0.2, 0.25) is 0 Å². The number of hydrogen-bond donors (Lipinski definition) is 2. The molecule has 0 aromatic heterocycles. The lowest BCUT2D eigenvalue weighted by Crippen LogP contribution is -2.45. The Kier molecular flexibility index (Phi) is 4.26. The SMILES string of the molecule is CC(CC1CCC1)NCC1(O)CCCCC1. The largest absolute Gasteiger partial charge is 0.389 e. The zero-order valence-electron chi connectivity index (χ0n) is 10.7. The molecule has 2 saturated carbocycles. The first kappa shape index (κ1) is 12.4. The van der Waals surface area contributed by atoms with Gasteiger partial charge in [-0.25, -0.2) is 0 Å². The highest BCUT2D eigenvalue weighted by Gasteiger charge is 2.29. The third kappa shape index (κ3) is 3.46. The van der Waals surface area contributed by atoms with Gasteiger partial charge < -0.3 is 10.4 Å². The normalized spacial score (nSPS) is 27.4. The molecule has 0 saturated heterocycles. The van der Waals surface area contributed by atoms with Crippen LogP contribution in [0.25, 0.3) is 0 Å². The number of aliphatic hydroxyl groups is 1. The summed E-state index contributed by atoms with van der Waals surface area (Å²) in [6.07, 6.45) is 11.3. The van der Waals surface area contributed by atoms with Gasteiger partial charge in [-0.05, 0) is 32.1 Å². The second-order valence-electron chi connectivity index (χ2n) is 6.10. The molecule has 2 N–H and O–H groups in total. The summed E-state index contributed by atoms with van der Waals surface area (Å²) in [5, 5.41) is 13.9. The lowest BCUT2D eigenvalue weighted by Gasteiger charge is -2.35. The van der Waals surface area contributed by atoms with E-state index in [1.165, 1.54) is 44.9 Å². The number of hydrogen-bond acceptors (Lipinski definition) is 2. The summed E-state index contributed by atoms with van der Waals surface area (Å²) < 4.78 is 0. The Bertz CT molecular complexity index is 207.